The molecule has 0 aromatic carbocycles. The number of amides is 2. The molecule has 3 aromatic heterocycles. The summed E-state index contributed by atoms with van der Waals surface area (Å²) in [6.45, 7) is 9.26. The van der Waals surface area contributed by atoms with Gasteiger partial charge in [-0.05, 0) is 77.9 Å². The quantitative estimate of drug-likeness (QED) is 0.256. The smallest absolute Gasteiger partial charge is 0.413 e. The highest BCUT2D eigenvalue weighted by Crippen LogP contribution is 2.12. The average Bonchev–Trinajstić information content (AvgIpc) is 2.87. The van der Waals surface area contributed by atoms with Gasteiger partial charge >= 0.3 is 12.2 Å². The third-order valence-electron chi connectivity index (χ3n) is 4.14. The van der Waals surface area contributed by atoms with Crippen LogP contribution in [-0.4, -0.2) is 43.4 Å². The Kier molecular flexibility index (Phi) is 16.6. The second-order valence-electron chi connectivity index (χ2n) is 10.3. The first kappa shape index (κ1) is 37.9. The highest BCUT2D eigenvalue weighted by molar-refractivity contribution is 5.85. The van der Waals surface area contributed by atoms with Gasteiger partial charge in [0.15, 0.2) is 0 Å². The zero-order chi connectivity index (χ0) is 31.1. The fourth-order valence-corrected chi connectivity index (χ4v) is 2.65. The Morgan fingerprint density at radius 1 is 0.738 bits per heavy atom. The molecule has 11 nitrogen and oxygen atoms in total. The minimum Gasteiger partial charge on any atom is -0.444 e. The Balaban J connectivity index is 0.000000616. The van der Waals surface area contributed by atoms with Crippen LogP contribution in [0.1, 0.15) is 58.6 Å². The van der Waals surface area contributed by atoms with E-state index >= 15 is 0 Å². The molecule has 0 saturated heterocycles. The minimum absolute atomic E-state index is 0. The molecule has 0 saturated carbocycles. The van der Waals surface area contributed by atoms with Crippen LogP contribution in [0.5, 0.6) is 0 Å². The lowest BCUT2D eigenvalue weighted by Crippen LogP contribution is -2.27. The number of rotatable bonds is 5. The number of halogens is 3. The van der Waals surface area contributed by atoms with Gasteiger partial charge in [0, 0.05) is 0 Å². The molecule has 0 atom stereocenters. The summed E-state index contributed by atoms with van der Waals surface area (Å²) >= 11 is 0. The molecule has 5 N–H and O–H groups in total. The number of pyridine rings is 3. The molecular formula is C28H39ClF2N6O5. The number of aromatic nitrogens is 3. The maximum absolute atomic E-state index is 12.3. The first-order valence-corrected chi connectivity index (χ1v) is 12.5. The summed E-state index contributed by atoms with van der Waals surface area (Å²) in [6, 6.07) is 14.6. The average molecular weight is 613 g/mol. The van der Waals surface area contributed by atoms with Gasteiger partial charge in [-0.15, -0.1) is 12.4 Å². The molecule has 0 spiro atoms. The third kappa shape index (κ3) is 17.6. The van der Waals surface area contributed by atoms with Gasteiger partial charge in [-0.25, -0.2) is 33.3 Å². The van der Waals surface area contributed by atoms with E-state index in [1.807, 2.05) is 0 Å². The van der Waals surface area contributed by atoms with Gasteiger partial charge in [0.05, 0.1) is 23.7 Å². The summed E-state index contributed by atoms with van der Waals surface area (Å²) in [5, 5.41) is 13.8. The zero-order valence-corrected chi connectivity index (χ0v) is 25.3. The third-order valence-corrected chi connectivity index (χ3v) is 4.14. The van der Waals surface area contributed by atoms with Crippen molar-refractivity contribution in [2.24, 2.45) is 0 Å². The van der Waals surface area contributed by atoms with E-state index in [-0.39, 0.29) is 30.5 Å². The van der Waals surface area contributed by atoms with Gasteiger partial charge in [0.1, 0.15) is 42.0 Å². The van der Waals surface area contributed by atoms with Crippen LogP contribution >= 0.6 is 12.4 Å². The Morgan fingerprint density at radius 2 is 1.12 bits per heavy atom. The van der Waals surface area contributed by atoms with Crippen LogP contribution in [0.4, 0.5) is 35.8 Å². The first-order valence-electron chi connectivity index (χ1n) is 12.5. The predicted molar refractivity (Wildman–Crippen MR) is 160 cm³/mol. The van der Waals surface area contributed by atoms with Crippen molar-refractivity contribution >= 4 is 42.0 Å². The molecule has 0 aliphatic rings. The summed E-state index contributed by atoms with van der Waals surface area (Å²) in [5.41, 5.74) is 5.30. The number of nitrogens with zero attached hydrogens (tertiary/aromatic N) is 3. The van der Waals surface area contributed by atoms with Crippen molar-refractivity contribution < 1.29 is 33.0 Å². The molecule has 42 heavy (non-hydrogen) atoms. The SMILES string of the molecule is CC(C)(C)OC(=O)Nc1cccc(CF)n1.CC(C)(C)OC(=O)Nc1cccc(CO)n1.Cl.Nc1cccc(CF)n1. The molecule has 232 valence electrons. The van der Waals surface area contributed by atoms with Crippen LogP contribution in [0.3, 0.4) is 0 Å². The molecule has 2 amide bonds. The van der Waals surface area contributed by atoms with Crippen LogP contribution in [0, 0.1) is 0 Å². The number of aliphatic hydroxyl groups excluding tert-OH is 1. The maximum atomic E-state index is 12.3. The fourth-order valence-electron chi connectivity index (χ4n) is 2.65. The van der Waals surface area contributed by atoms with Crippen molar-refractivity contribution in [2.45, 2.75) is 72.7 Å². The lowest BCUT2D eigenvalue weighted by Gasteiger charge is -2.19. The van der Waals surface area contributed by atoms with Crippen molar-refractivity contribution in [3.05, 3.63) is 71.7 Å². The van der Waals surface area contributed by atoms with Crippen molar-refractivity contribution in [3.8, 4) is 0 Å². The molecule has 3 aromatic rings. The summed E-state index contributed by atoms with van der Waals surface area (Å²) < 4.78 is 34.2. The lowest BCUT2D eigenvalue weighted by atomic mass is 10.2. The maximum Gasteiger partial charge on any atom is 0.413 e. The van der Waals surface area contributed by atoms with Gasteiger partial charge in [0.2, 0.25) is 0 Å². The molecule has 3 rings (SSSR count). The molecule has 14 heteroatoms. The number of nitrogens with one attached hydrogen (secondary N) is 2. The monoisotopic (exact) mass is 612 g/mol. The molecule has 0 aliphatic heterocycles. The molecule has 0 aliphatic carbocycles. The van der Waals surface area contributed by atoms with Crippen molar-refractivity contribution in [2.75, 3.05) is 16.4 Å². The number of carbonyl (C=O) groups is 2. The first-order chi connectivity index (χ1) is 19.1. The normalized spacial score (nSPS) is 10.4. The Bertz CT molecular complexity index is 1180. The Morgan fingerprint density at radius 3 is 1.48 bits per heavy atom. The van der Waals surface area contributed by atoms with Gasteiger partial charge in [-0.1, -0.05) is 18.2 Å². The molecular weight excluding hydrogens is 574 g/mol. The molecule has 3 heterocycles. The van der Waals surface area contributed by atoms with Crippen LogP contribution in [-0.2, 0) is 29.4 Å². The standard InChI is InChI=1S/C11H15FN2O2.C11H16N2O3.C6H7FN2.ClH/c1-11(2,3)16-10(15)14-9-6-4-5-8(7-12)13-9;1-11(2,3)16-10(15)13-9-6-4-5-8(7-14)12-9;7-4-5-2-1-3-6(8)9-5;/h4-6H,7H2,1-3H3,(H,13,14,15);4-6,14H,7H2,1-3H3,(H,12,13,15);1-3H,4H2,(H2,8,9);1H. The van der Waals surface area contributed by atoms with Crippen molar-refractivity contribution in [1.82, 2.24) is 15.0 Å². The van der Waals surface area contributed by atoms with Crippen LogP contribution in [0.25, 0.3) is 0 Å². The number of hydrogen-bond donors (Lipinski definition) is 4. The number of nitrogen functional groups attached to an aromatic ring is 1. The van der Waals surface area contributed by atoms with E-state index in [0.717, 1.165) is 0 Å². The summed E-state index contributed by atoms with van der Waals surface area (Å²) in [5.74, 6) is 1.01. The highest BCUT2D eigenvalue weighted by Gasteiger charge is 2.17. The second kappa shape index (κ2) is 18.4. The molecule has 0 unspecified atom stereocenters. The van der Waals surface area contributed by atoms with E-state index in [0.29, 0.717) is 23.0 Å². The number of nitrogens with two attached hydrogens (primary N) is 1. The fraction of sp³-hybridized carbons (Fsp3) is 0.393. The Labute approximate surface area is 250 Å². The largest absolute Gasteiger partial charge is 0.444 e. The topological polar surface area (TPSA) is 162 Å². The highest BCUT2D eigenvalue weighted by atomic mass is 35.5. The second-order valence-corrected chi connectivity index (χ2v) is 10.3. The van der Waals surface area contributed by atoms with E-state index in [2.05, 4.69) is 25.6 Å². The van der Waals surface area contributed by atoms with Crippen LogP contribution < -0.4 is 16.4 Å². The molecule has 0 radical (unpaired) electrons. The van der Waals surface area contributed by atoms with Crippen molar-refractivity contribution in [1.29, 1.82) is 0 Å². The number of hydrogen-bond acceptors (Lipinski definition) is 9. The van der Waals surface area contributed by atoms with E-state index in [9.17, 15) is 18.4 Å². The van der Waals surface area contributed by atoms with Gasteiger partial charge in [0.25, 0.3) is 0 Å². The van der Waals surface area contributed by atoms with Gasteiger partial charge < -0.3 is 20.3 Å². The van der Waals surface area contributed by atoms with Gasteiger partial charge in [-0.2, -0.15) is 0 Å². The van der Waals surface area contributed by atoms with E-state index in [1.54, 1.807) is 96.1 Å². The minimum atomic E-state index is -0.663. The van der Waals surface area contributed by atoms with Crippen molar-refractivity contribution in [3.63, 3.8) is 0 Å². The van der Waals surface area contributed by atoms with Gasteiger partial charge in [-0.3, -0.25) is 10.6 Å². The van der Waals surface area contributed by atoms with Crippen LogP contribution in [0.2, 0.25) is 0 Å². The molecule has 0 bridgehead atoms. The number of ether oxygens (including phenoxy) is 2. The zero-order valence-electron chi connectivity index (χ0n) is 24.5. The summed E-state index contributed by atoms with van der Waals surface area (Å²) in [4.78, 5) is 34.3. The number of anilines is 3. The van der Waals surface area contributed by atoms with E-state index in [1.165, 1.54) is 0 Å². The number of carbonyl (C=O) groups excluding carboxylic acids is 2. The van der Waals surface area contributed by atoms with Crippen LogP contribution in [0.15, 0.2) is 54.6 Å². The number of alkyl halides is 2. The van der Waals surface area contributed by atoms with E-state index in [4.69, 9.17) is 20.3 Å². The molecule has 0 fully saturated rings. The summed E-state index contributed by atoms with van der Waals surface area (Å²) in [7, 11) is 0. The lowest BCUT2D eigenvalue weighted by molar-refractivity contribution is 0.0624. The van der Waals surface area contributed by atoms with E-state index < -0.39 is 36.7 Å². The number of aliphatic hydroxyl groups is 1. The Hall–Kier alpha value is -4.10. The summed E-state index contributed by atoms with van der Waals surface area (Å²) in [6.07, 6.45) is -1.16. The predicted octanol–water partition coefficient (Wildman–Crippen LogP) is 6.37.